The molecule has 1 aromatic rings. The first-order valence-electron chi connectivity index (χ1n) is 4.70. The number of carboxylic acid groups (broad SMARTS) is 1. The Bertz CT molecular complexity index is 397. The summed E-state index contributed by atoms with van der Waals surface area (Å²) in [5.41, 5.74) is 3.31. The van der Waals surface area contributed by atoms with E-state index in [9.17, 15) is 4.79 Å². The molecule has 7 heteroatoms. The Labute approximate surface area is 109 Å². The Hall–Kier alpha value is -1.37. The smallest absolute Gasteiger partial charge is 0.332 e. The maximum absolute atomic E-state index is 10.2. The molecular weight excluding hydrogens is 264 g/mol. The monoisotopic (exact) mass is 274 g/mol. The first kappa shape index (κ1) is 13.7. The molecule has 0 aliphatic carbocycles. The molecule has 0 heterocycles. The van der Waals surface area contributed by atoms with Gasteiger partial charge in [0.2, 0.25) is 0 Å². The van der Waals surface area contributed by atoms with Gasteiger partial charge in [-0.25, -0.2) is 10.3 Å². The zero-order chi connectivity index (χ0) is 12.7. The van der Waals surface area contributed by atoms with E-state index in [2.05, 4.69) is 15.6 Å². The number of halogens is 1. The van der Waals surface area contributed by atoms with Crippen molar-refractivity contribution in [3.63, 3.8) is 0 Å². The predicted octanol–water partition coefficient (Wildman–Crippen LogP) is 1.32. The number of thiocarbonyl (C=S) groups is 1. The van der Waals surface area contributed by atoms with Crippen LogP contribution in [0.3, 0.4) is 0 Å². The maximum atomic E-state index is 10.2. The van der Waals surface area contributed by atoms with E-state index in [1.165, 1.54) is 0 Å². The summed E-state index contributed by atoms with van der Waals surface area (Å²) in [6.45, 7) is 0.0438. The van der Waals surface area contributed by atoms with Crippen LogP contribution in [0.15, 0.2) is 24.3 Å². The number of nitrogens with one attached hydrogen (secondary N) is 2. The molecule has 0 radical (unpaired) electrons. The minimum atomic E-state index is -1.07. The lowest BCUT2D eigenvalue weighted by molar-refractivity contribution is -0.143. The van der Waals surface area contributed by atoms with Crippen molar-refractivity contribution in [2.24, 2.45) is 0 Å². The standard InChI is InChI=1S/C10H11ClN2O3S/c11-8-3-1-7(2-4-8)5-12-10(17)13-16-6-9(14)15/h1-4H,5-6H2,(H,14,15)(H2,12,13,17). The van der Waals surface area contributed by atoms with Crippen LogP contribution in [0.2, 0.25) is 5.02 Å². The van der Waals surface area contributed by atoms with Gasteiger partial charge in [-0.1, -0.05) is 23.7 Å². The SMILES string of the molecule is O=C(O)CONC(=S)NCc1ccc(Cl)cc1. The van der Waals surface area contributed by atoms with Crippen LogP contribution in [0, 0.1) is 0 Å². The van der Waals surface area contributed by atoms with Gasteiger partial charge in [-0.2, -0.15) is 0 Å². The Morgan fingerprint density at radius 2 is 2.06 bits per heavy atom. The molecule has 0 atom stereocenters. The van der Waals surface area contributed by atoms with E-state index in [1.807, 2.05) is 12.1 Å². The van der Waals surface area contributed by atoms with E-state index in [4.69, 9.17) is 28.9 Å². The van der Waals surface area contributed by atoms with Crippen LogP contribution in [0.5, 0.6) is 0 Å². The average molecular weight is 275 g/mol. The van der Waals surface area contributed by atoms with Crippen molar-refractivity contribution in [2.75, 3.05) is 6.61 Å². The third kappa shape index (κ3) is 6.06. The van der Waals surface area contributed by atoms with E-state index in [1.54, 1.807) is 12.1 Å². The second kappa shape index (κ2) is 7.05. The number of hydrogen-bond acceptors (Lipinski definition) is 3. The molecule has 0 unspecified atom stereocenters. The first-order valence-corrected chi connectivity index (χ1v) is 5.48. The lowest BCUT2D eigenvalue weighted by Gasteiger charge is -2.09. The molecule has 0 aromatic heterocycles. The molecule has 0 amide bonds. The molecule has 3 N–H and O–H groups in total. The third-order valence-corrected chi connectivity index (χ3v) is 2.21. The number of carboxylic acids is 1. The van der Waals surface area contributed by atoms with Crippen molar-refractivity contribution in [1.29, 1.82) is 0 Å². The molecule has 5 nitrogen and oxygen atoms in total. The van der Waals surface area contributed by atoms with Gasteiger partial charge in [0.25, 0.3) is 0 Å². The van der Waals surface area contributed by atoms with Crippen LogP contribution in [-0.2, 0) is 16.2 Å². The van der Waals surface area contributed by atoms with Crippen LogP contribution in [0.25, 0.3) is 0 Å². The highest BCUT2D eigenvalue weighted by Crippen LogP contribution is 2.08. The normalized spacial score (nSPS) is 9.71. The van der Waals surface area contributed by atoms with Crippen molar-refractivity contribution in [3.8, 4) is 0 Å². The summed E-state index contributed by atoms with van der Waals surface area (Å²) in [6.07, 6.45) is 0. The van der Waals surface area contributed by atoms with Crippen LogP contribution < -0.4 is 10.8 Å². The van der Waals surface area contributed by atoms with Gasteiger partial charge in [0.05, 0.1) is 0 Å². The van der Waals surface area contributed by atoms with Gasteiger partial charge in [0, 0.05) is 11.6 Å². The second-order valence-corrected chi connectivity index (χ2v) is 3.94. The van der Waals surface area contributed by atoms with E-state index < -0.39 is 12.6 Å². The lowest BCUT2D eigenvalue weighted by Crippen LogP contribution is -2.35. The zero-order valence-corrected chi connectivity index (χ0v) is 10.3. The molecular formula is C10H11ClN2O3S. The highest BCUT2D eigenvalue weighted by atomic mass is 35.5. The number of benzene rings is 1. The predicted molar refractivity (Wildman–Crippen MR) is 67.6 cm³/mol. The second-order valence-electron chi connectivity index (χ2n) is 3.09. The van der Waals surface area contributed by atoms with Crippen molar-refractivity contribution in [1.82, 2.24) is 10.8 Å². The van der Waals surface area contributed by atoms with Gasteiger partial charge in [0.1, 0.15) is 0 Å². The summed E-state index contributed by atoms with van der Waals surface area (Å²) in [4.78, 5) is 14.7. The zero-order valence-electron chi connectivity index (χ0n) is 8.77. The van der Waals surface area contributed by atoms with E-state index >= 15 is 0 Å². The maximum Gasteiger partial charge on any atom is 0.332 e. The quantitative estimate of drug-likeness (QED) is 0.556. The van der Waals surface area contributed by atoms with Gasteiger partial charge in [-0.05, 0) is 29.9 Å². The average Bonchev–Trinajstić information content (AvgIpc) is 2.28. The Balaban J connectivity index is 2.23. The van der Waals surface area contributed by atoms with E-state index in [0.717, 1.165) is 5.56 Å². The van der Waals surface area contributed by atoms with Gasteiger partial charge < -0.3 is 10.4 Å². The van der Waals surface area contributed by atoms with Crippen LogP contribution in [0.1, 0.15) is 5.56 Å². The molecule has 92 valence electrons. The fourth-order valence-electron chi connectivity index (χ4n) is 0.984. The number of carbonyl (C=O) groups is 1. The Morgan fingerprint density at radius 3 is 2.65 bits per heavy atom. The van der Waals surface area contributed by atoms with Gasteiger partial charge >= 0.3 is 5.97 Å². The van der Waals surface area contributed by atoms with Gasteiger partial charge in [0.15, 0.2) is 11.7 Å². The molecule has 0 saturated carbocycles. The Morgan fingerprint density at radius 1 is 1.41 bits per heavy atom. The van der Waals surface area contributed by atoms with Crippen molar-refractivity contribution in [3.05, 3.63) is 34.9 Å². The number of aliphatic carboxylic acids is 1. The third-order valence-electron chi connectivity index (χ3n) is 1.73. The fourth-order valence-corrected chi connectivity index (χ4v) is 1.24. The molecule has 0 aliphatic heterocycles. The van der Waals surface area contributed by atoms with Crippen molar-refractivity contribution in [2.45, 2.75) is 6.54 Å². The minimum Gasteiger partial charge on any atom is -0.479 e. The van der Waals surface area contributed by atoms with Crippen LogP contribution >= 0.6 is 23.8 Å². The van der Waals surface area contributed by atoms with Gasteiger partial charge in [-0.15, -0.1) is 0 Å². The summed E-state index contributed by atoms with van der Waals surface area (Å²) in [6, 6.07) is 7.26. The molecule has 1 aromatic carbocycles. The summed E-state index contributed by atoms with van der Waals surface area (Å²) in [7, 11) is 0. The number of hydroxylamine groups is 1. The van der Waals surface area contributed by atoms with E-state index in [-0.39, 0.29) is 5.11 Å². The van der Waals surface area contributed by atoms with Crippen molar-refractivity contribution < 1.29 is 14.7 Å². The summed E-state index contributed by atoms with van der Waals surface area (Å²) in [5, 5.41) is 12.1. The molecule has 0 saturated heterocycles. The van der Waals surface area contributed by atoms with Crippen LogP contribution in [0.4, 0.5) is 0 Å². The molecule has 17 heavy (non-hydrogen) atoms. The molecule has 0 fully saturated rings. The fraction of sp³-hybridized carbons (Fsp3) is 0.200. The Kier molecular flexibility index (Phi) is 5.68. The first-order chi connectivity index (χ1) is 8.08. The molecule has 0 bridgehead atoms. The summed E-state index contributed by atoms with van der Waals surface area (Å²) < 4.78 is 0. The topological polar surface area (TPSA) is 70.6 Å². The lowest BCUT2D eigenvalue weighted by atomic mass is 10.2. The molecule has 1 rings (SSSR count). The molecule has 0 spiro atoms. The summed E-state index contributed by atoms with van der Waals surface area (Å²) in [5.74, 6) is -1.07. The van der Waals surface area contributed by atoms with E-state index in [0.29, 0.717) is 11.6 Å². The largest absolute Gasteiger partial charge is 0.479 e. The summed E-state index contributed by atoms with van der Waals surface area (Å²) >= 11 is 10.6. The molecule has 0 aliphatic rings. The van der Waals surface area contributed by atoms with Crippen LogP contribution in [-0.4, -0.2) is 22.8 Å². The highest BCUT2D eigenvalue weighted by Gasteiger charge is 1.99. The van der Waals surface area contributed by atoms with Gasteiger partial charge in [-0.3, -0.25) is 4.84 Å². The number of hydrogen-bond donors (Lipinski definition) is 3. The van der Waals surface area contributed by atoms with Crippen molar-refractivity contribution >= 4 is 34.9 Å². The minimum absolute atomic E-state index is 0.223. The number of rotatable bonds is 5. The highest BCUT2D eigenvalue weighted by molar-refractivity contribution is 7.80.